The van der Waals surface area contributed by atoms with Crippen LogP contribution in [0.25, 0.3) is 0 Å². The first-order valence-electron chi connectivity index (χ1n) is 6.27. The van der Waals surface area contributed by atoms with Crippen LogP contribution in [0.2, 0.25) is 0 Å². The van der Waals surface area contributed by atoms with Crippen molar-refractivity contribution in [3.8, 4) is 5.75 Å². The van der Waals surface area contributed by atoms with Gasteiger partial charge in [-0.05, 0) is 17.9 Å². The molecule has 0 amide bonds. The number of rotatable bonds is 4. The number of nitrogens with one attached hydrogen (secondary N) is 1. The zero-order valence-electron chi connectivity index (χ0n) is 11.0. The van der Waals surface area contributed by atoms with Gasteiger partial charge in [0.05, 0.1) is 13.2 Å². The highest BCUT2D eigenvalue weighted by Gasteiger charge is 2.34. The molecular formula is C14H21NO2. The van der Waals surface area contributed by atoms with Gasteiger partial charge in [0.2, 0.25) is 0 Å². The van der Waals surface area contributed by atoms with Gasteiger partial charge < -0.3 is 9.57 Å². The average molecular weight is 235 g/mol. The number of benzene rings is 1. The summed E-state index contributed by atoms with van der Waals surface area (Å²) in [4.78, 5) is 5.09. The van der Waals surface area contributed by atoms with Crippen LogP contribution in [0.5, 0.6) is 5.75 Å². The second-order valence-corrected chi connectivity index (χ2v) is 4.78. The van der Waals surface area contributed by atoms with Gasteiger partial charge >= 0.3 is 0 Å². The van der Waals surface area contributed by atoms with Crippen molar-refractivity contribution >= 4 is 0 Å². The predicted octanol–water partition coefficient (Wildman–Crippen LogP) is 3.17. The maximum Gasteiger partial charge on any atom is 0.128 e. The summed E-state index contributed by atoms with van der Waals surface area (Å²) >= 11 is 0. The van der Waals surface area contributed by atoms with Crippen LogP contribution in [0, 0.1) is 0 Å². The van der Waals surface area contributed by atoms with Gasteiger partial charge in [0.15, 0.2) is 0 Å². The number of para-hydroxylation sites is 1. The van der Waals surface area contributed by atoms with E-state index in [4.69, 9.17) is 9.57 Å². The molecular weight excluding hydrogens is 214 g/mol. The van der Waals surface area contributed by atoms with Crippen LogP contribution in [-0.2, 0) is 4.84 Å². The van der Waals surface area contributed by atoms with Crippen molar-refractivity contribution in [3.05, 3.63) is 29.3 Å². The Labute approximate surface area is 103 Å². The van der Waals surface area contributed by atoms with Crippen LogP contribution < -0.4 is 10.2 Å². The Morgan fingerprint density at radius 2 is 2.18 bits per heavy atom. The second kappa shape index (κ2) is 5.07. The predicted molar refractivity (Wildman–Crippen MR) is 68.1 cm³/mol. The summed E-state index contributed by atoms with van der Waals surface area (Å²) in [5, 5.41) is 0. The van der Waals surface area contributed by atoms with E-state index >= 15 is 0 Å². The van der Waals surface area contributed by atoms with Gasteiger partial charge in [-0.1, -0.05) is 39.0 Å². The van der Waals surface area contributed by atoms with E-state index in [0.717, 1.165) is 12.2 Å². The zero-order chi connectivity index (χ0) is 12.4. The van der Waals surface area contributed by atoms with Crippen LogP contribution in [-0.4, -0.2) is 13.2 Å². The molecule has 1 aliphatic heterocycles. The van der Waals surface area contributed by atoms with E-state index in [1.54, 1.807) is 7.11 Å². The number of hydroxylamine groups is 1. The van der Waals surface area contributed by atoms with Crippen LogP contribution in [0.4, 0.5) is 0 Å². The molecule has 0 spiro atoms. The molecule has 0 saturated heterocycles. The molecule has 1 aromatic rings. The van der Waals surface area contributed by atoms with Crippen molar-refractivity contribution in [2.75, 3.05) is 7.11 Å². The lowest BCUT2D eigenvalue weighted by atomic mass is 9.96. The molecule has 1 aliphatic rings. The van der Waals surface area contributed by atoms with Crippen LogP contribution >= 0.6 is 0 Å². The molecule has 0 radical (unpaired) electrons. The lowest BCUT2D eigenvalue weighted by molar-refractivity contribution is 0.0282. The maximum atomic E-state index is 6.07. The molecule has 0 aromatic heterocycles. The van der Waals surface area contributed by atoms with E-state index in [-0.39, 0.29) is 12.1 Å². The quantitative estimate of drug-likeness (QED) is 0.813. The minimum absolute atomic E-state index is 0.138. The van der Waals surface area contributed by atoms with Crippen LogP contribution in [0.1, 0.15) is 50.3 Å². The third-order valence-corrected chi connectivity index (χ3v) is 3.32. The van der Waals surface area contributed by atoms with E-state index in [9.17, 15) is 0 Å². The first kappa shape index (κ1) is 12.4. The van der Waals surface area contributed by atoms with Gasteiger partial charge in [-0.15, -0.1) is 0 Å². The first-order valence-corrected chi connectivity index (χ1v) is 6.27. The Morgan fingerprint density at radius 3 is 2.76 bits per heavy atom. The fraction of sp³-hybridized carbons (Fsp3) is 0.571. The van der Waals surface area contributed by atoms with Gasteiger partial charge in [0, 0.05) is 5.56 Å². The third-order valence-electron chi connectivity index (χ3n) is 3.32. The Hall–Kier alpha value is -1.06. The number of hydrogen-bond donors (Lipinski definition) is 1. The van der Waals surface area contributed by atoms with E-state index in [1.807, 2.05) is 0 Å². The van der Waals surface area contributed by atoms with Gasteiger partial charge in [0.1, 0.15) is 11.9 Å². The van der Waals surface area contributed by atoms with Crippen molar-refractivity contribution in [2.45, 2.75) is 45.3 Å². The minimum atomic E-state index is 0.138. The molecule has 2 rings (SSSR count). The summed E-state index contributed by atoms with van der Waals surface area (Å²) < 4.78 is 6.07. The second-order valence-electron chi connectivity index (χ2n) is 4.78. The molecule has 1 heterocycles. The third kappa shape index (κ3) is 2.17. The molecule has 2 unspecified atom stereocenters. The summed E-state index contributed by atoms with van der Waals surface area (Å²) in [6, 6.07) is 6.50. The molecule has 0 aliphatic carbocycles. The molecule has 2 atom stereocenters. The summed E-state index contributed by atoms with van der Waals surface area (Å²) in [6.45, 7) is 6.52. The number of fused-ring (bicyclic) bond motifs is 1. The zero-order valence-corrected chi connectivity index (χ0v) is 11.0. The molecule has 3 nitrogen and oxygen atoms in total. The van der Waals surface area contributed by atoms with Gasteiger partial charge in [0.25, 0.3) is 0 Å². The summed E-state index contributed by atoms with van der Waals surface area (Å²) in [6.07, 6.45) is 1.12. The van der Waals surface area contributed by atoms with E-state index < -0.39 is 0 Å². The van der Waals surface area contributed by atoms with Gasteiger partial charge in [-0.3, -0.25) is 0 Å². The maximum absolute atomic E-state index is 6.07. The van der Waals surface area contributed by atoms with Crippen molar-refractivity contribution in [3.63, 3.8) is 0 Å². The van der Waals surface area contributed by atoms with Crippen molar-refractivity contribution < 1.29 is 9.57 Å². The summed E-state index contributed by atoms with van der Waals surface area (Å²) in [7, 11) is 1.65. The van der Waals surface area contributed by atoms with Crippen molar-refractivity contribution in [1.82, 2.24) is 5.48 Å². The Balaban J connectivity index is 2.39. The van der Waals surface area contributed by atoms with Crippen LogP contribution in [0.3, 0.4) is 0 Å². The Kier molecular flexibility index (Phi) is 3.69. The first-order chi connectivity index (χ1) is 8.19. The van der Waals surface area contributed by atoms with Crippen LogP contribution in [0.15, 0.2) is 18.2 Å². The normalized spacial score (nSPS) is 22.6. The molecule has 0 fully saturated rings. The molecule has 1 N–H and O–H groups in total. The molecule has 94 valence electrons. The van der Waals surface area contributed by atoms with Gasteiger partial charge in [-0.2, -0.15) is 5.48 Å². The Bertz CT molecular complexity index is 390. The topological polar surface area (TPSA) is 30.5 Å². The summed E-state index contributed by atoms with van der Waals surface area (Å²) in [5.74, 6) is 1.52. The van der Waals surface area contributed by atoms with Crippen molar-refractivity contribution in [1.29, 1.82) is 0 Å². The smallest absolute Gasteiger partial charge is 0.128 e. The highest BCUT2D eigenvalue weighted by Crippen LogP contribution is 2.42. The summed E-state index contributed by atoms with van der Waals surface area (Å²) in [5.41, 5.74) is 5.53. The molecule has 17 heavy (non-hydrogen) atoms. The monoisotopic (exact) mass is 235 g/mol. The van der Waals surface area contributed by atoms with E-state index in [2.05, 4.69) is 44.5 Å². The lowest BCUT2D eigenvalue weighted by Crippen LogP contribution is -2.29. The van der Waals surface area contributed by atoms with E-state index in [1.165, 1.54) is 11.1 Å². The van der Waals surface area contributed by atoms with Crippen molar-refractivity contribution in [2.24, 2.45) is 0 Å². The fourth-order valence-electron chi connectivity index (χ4n) is 2.41. The molecule has 0 saturated carbocycles. The lowest BCUT2D eigenvalue weighted by Gasteiger charge is -2.17. The highest BCUT2D eigenvalue weighted by molar-refractivity contribution is 5.48. The Morgan fingerprint density at radius 1 is 1.41 bits per heavy atom. The minimum Gasteiger partial charge on any atom is -0.488 e. The van der Waals surface area contributed by atoms with E-state index in [0.29, 0.717) is 5.92 Å². The largest absolute Gasteiger partial charge is 0.488 e. The molecule has 3 heteroatoms. The SMILES string of the molecule is CCC1Oc2c(C(C)C)cccc2C1NOC. The number of ether oxygens (including phenoxy) is 1. The average Bonchev–Trinajstić information content (AvgIpc) is 2.67. The molecule has 1 aromatic carbocycles. The number of hydrogen-bond acceptors (Lipinski definition) is 3. The molecule has 0 bridgehead atoms. The standard InChI is InChI=1S/C14H21NO2/c1-5-12-13(15-16-4)11-8-6-7-10(9(2)3)14(11)17-12/h6-9,12-13,15H,5H2,1-4H3. The fourth-order valence-corrected chi connectivity index (χ4v) is 2.41. The van der Waals surface area contributed by atoms with Gasteiger partial charge in [-0.25, -0.2) is 0 Å². The highest BCUT2D eigenvalue weighted by atomic mass is 16.6.